The molecule has 184 valence electrons. The van der Waals surface area contributed by atoms with E-state index in [4.69, 9.17) is 0 Å². The number of aryl methyl sites for hydroxylation is 1. The van der Waals surface area contributed by atoms with Crippen LogP contribution in [0.25, 0.3) is 5.69 Å². The van der Waals surface area contributed by atoms with Crippen LogP contribution in [-0.2, 0) is 14.8 Å². The Bertz CT molecular complexity index is 1350. The first-order valence-electron chi connectivity index (χ1n) is 11.1. The summed E-state index contributed by atoms with van der Waals surface area (Å²) in [6, 6.07) is 12.6. The maximum atomic E-state index is 14.1. The average molecular weight is 500 g/mol. The third kappa shape index (κ3) is 5.10. The number of para-hydroxylation sites is 1. The molecule has 9 nitrogen and oxygen atoms in total. The quantitative estimate of drug-likeness (QED) is 0.524. The summed E-state index contributed by atoms with van der Waals surface area (Å²) >= 11 is 0. The number of benzene rings is 2. The highest BCUT2D eigenvalue weighted by atomic mass is 32.2. The van der Waals surface area contributed by atoms with Gasteiger partial charge in [0.15, 0.2) is 0 Å². The lowest BCUT2D eigenvalue weighted by Crippen LogP contribution is -2.50. The highest BCUT2D eigenvalue weighted by Gasteiger charge is 2.33. The van der Waals surface area contributed by atoms with Crippen molar-refractivity contribution in [2.75, 3.05) is 13.1 Å². The number of nitrogens with zero attached hydrogens (tertiary/aromatic N) is 3. The number of hydrazine groups is 1. The molecule has 2 heterocycles. The largest absolute Gasteiger partial charge is 0.273 e. The summed E-state index contributed by atoms with van der Waals surface area (Å²) in [4.78, 5) is 25.5. The van der Waals surface area contributed by atoms with Crippen molar-refractivity contribution in [2.24, 2.45) is 5.92 Å². The van der Waals surface area contributed by atoms with Gasteiger partial charge in [0.05, 0.1) is 28.3 Å². The fraction of sp³-hybridized carbons (Fsp3) is 0.292. The van der Waals surface area contributed by atoms with Gasteiger partial charge in [-0.15, -0.1) is 0 Å². The van der Waals surface area contributed by atoms with Crippen LogP contribution in [0.5, 0.6) is 0 Å². The molecule has 0 saturated carbocycles. The summed E-state index contributed by atoms with van der Waals surface area (Å²) in [5.41, 5.74) is 6.45. The van der Waals surface area contributed by atoms with Gasteiger partial charge in [-0.1, -0.05) is 29.8 Å². The molecule has 1 aromatic heterocycles. The van der Waals surface area contributed by atoms with Crippen LogP contribution in [-0.4, -0.2) is 47.4 Å². The number of hydrogen-bond acceptors (Lipinski definition) is 5. The molecule has 1 atom stereocenters. The molecule has 2 aromatic carbocycles. The fourth-order valence-electron chi connectivity index (χ4n) is 4.02. The van der Waals surface area contributed by atoms with Crippen LogP contribution < -0.4 is 10.9 Å². The van der Waals surface area contributed by atoms with E-state index >= 15 is 0 Å². The predicted molar refractivity (Wildman–Crippen MR) is 127 cm³/mol. The first-order chi connectivity index (χ1) is 16.7. The van der Waals surface area contributed by atoms with Crippen molar-refractivity contribution < 1.29 is 22.4 Å². The molecule has 0 unspecified atom stereocenters. The number of carbonyl (C=O) groups is 2. The topological polar surface area (TPSA) is 113 Å². The number of aromatic nitrogens is 2. The fourth-order valence-corrected chi connectivity index (χ4v) is 5.54. The van der Waals surface area contributed by atoms with Crippen molar-refractivity contribution >= 4 is 21.8 Å². The minimum absolute atomic E-state index is 0.0160. The van der Waals surface area contributed by atoms with Crippen LogP contribution >= 0.6 is 0 Å². The normalized spacial score (nSPS) is 16.6. The number of carbonyl (C=O) groups excluding carboxylic acids is 2. The van der Waals surface area contributed by atoms with E-state index in [1.165, 1.54) is 27.3 Å². The highest BCUT2D eigenvalue weighted by molar-refractivity contribution is 7.89. The van der Waals surface area contributed by atoms with E-state index in [-0.39, 0.29) is 22.7 Å². The minimum Gasteiger partial charge on any atom is -0.273 e. The van der Waals surface area contributed by atoms with Crippen molar-refractivity contribution in [1.82, 2.24) is 24.9 Å². The molecule has 4 rings (SSSR count). The number of nitrogens with one attached hydrogen (secondary N) is 2. The van der Waals surface area contributed by atoms with Gasteiger partial charge in [0.1, 0.15) is 11.5 Å². The van der Waals surface area contributed by atoms with Crippen LogP contribution in [0, 0.1) is 25.6 Å². The van der Waals surface area contributed by atoms with Crippen molar-refractivity contribution in [3.63, 3.8) is 0 Å². The van der Waals surface area contributed by atoms with Crippen LogP contribution in [0.1, 0.15) is 34.5 Å². The smallest absolute Gasteiger partial charge is 0.273 e. The first-order valence-corrected chi connectivity index (χ1v) is 12.6. The van der Waals surface area contributed by atoms with Gasteiger partial charge in [0.2, 0.25) is 15.9 Å². The molecular weight excluding hydrogens is 473 g/mol. The Kier molecular flexibility index (Phi) is 6.99. The number of halogens is 1. The Morgan fingerprint density at radius 3 is 2.49 bits per heavy atom. The van der Waals surface area contributed by atoms with Crippen molar-refractivity contribution in [3.8, 4) is 5.69 Å². The second-order valence-electron chi connectivity index (χ2n) is 8.47. The summed E-state index contributed by atoms with van der Waals surface area (Å²) in [6.45, 7) is 3.83. The molecule has 2 N–H and O–H groups in total. The van der Waals surface area contributed by atoms with Crippen LogP contribution in [0.2, 0.25) is 0 Å². The lowest BCUT2D eigenvalue weighted by atomic mass is 9.99. The zero-order valence-corrected chi connectivity index (χ0v) is 20.2. The first kappa shape index (κ1) is 24.6. The zero-order valence-electron chi connectivity index (χ0n) is 19.4. The van der Waals surface area contributed by atoms with Gasteiger partial charge in [-0.05, 0) is 51.0 Å². The van der Waals surface area contributed by atoms with Gasteiger partial charge in [-0.2, -0.15) is 9.40 Å². The second kappa shape index (κ2) is 9.96. The molecule has 1 fully saturated rings. The second-order valence-corrected chi connectivity index (χ2v) is 10.4. The van der Waals surface area contributed by atoms with Gasteiger partial charge < -0.3 is 0 Å². The zero-order chi connectivity index (χ0) is 25.2. The average Bonchev–Trinajstić information content (AvgIpc) is 3.24. The van der Waals surface area contributed by atoms with Crippen LogP contribution in [0.15, 0.2) is 59.6 Å². The lowest BCUT2D eigenvalue weighted by molar-refractivity contribution is -0.126. The van der Waals surface area contributed by atoms with E-state index in [1.54, 1.807) is 43.3 Å². The van der Waals surface area contributed by atoms with Gasteiger partial charge in [0.25, 0.3) is 5.91 Å². The van der Waals surface area contributed by atoms with E-state index in [2.05, 4.69) is 16.0 Å². The molecule has 1 aliphatic rings. The van der Waals surface area contributed by atoms with Crippen molar-refractivity contribution in [1.29, 1.82) is 0 Å². The number of piperidine rings is 1. The maximum Gasteiger partial charge on any atom is 0.273 e. The monoisotopic (exact) mass is 499 g/mol. The molecule has 0 aliphatic carbocycles. The Morgan fingerprint density at radius 2 is 1.77 bits per heavy atom. The standard InChI is InChI=1S/C24H26FN5O4S/c1-16-9-11-19(12-10-16)35(33,34)29-13-5-6-18(15-29)23(31)27-28-24(32)20-14-26-30(17(20)2)22-8-4-3-7-21(22)25/h3-4,7-12,14,18H,5-6,13,15H2,1-2H3,(H,27,31)(H,28,32)/t18-/m0/s1. The molecule has 2 amide bonds. The summed E-state index contributed by atoms with van der Waals surface area (Å²) in [7, 11) is -3.73. The van der Waals surface area contributed by atoms with Crippen molar-refractivity contribution in [2.45, 2.75) is 31.6 Å². The van der Waals surface area contributed by atoms with E-state index < -0.39 is 33.6 Å². The van der Waals surface area contributed by atoms with Crippen molar-refractivity contribution in [3.05, 3.63) is 77.4 Å². The Morgan fingerprint density at radius 1 is 1.06 bits per heavy atom. The number of amides is 2. The Balaban J connectivity index is 1.39. The van der Waals surface area contributed by atoms with Gasteiger partial charge in [-0.25, -0.2) is 17.5 Å². The maximum absolute atomic E-state index is 14.1. The van der Waals surface area contributed by atoms with E-state index in [1.807, 2.05) is 6.92 Å². The Hall–Kier alpha value is -3.57. The van der Waals surface area contributed by atoms with Crippen LogP contribution in [0.3, 0.4) is 0 Å². The summed E-state index contributed by atoms with van der Waals surface area (Å²) in [5.74, 6) is -2.20. The molecule has 35 heavy (non-hydrogen) atoms. The van der Waals surface area contributed by atoms with Gasteiger partial charge >= 0.3 is 0 Å². The minimum atomic E-state index is -3.73. The molecule has 1 aliphatic heterocycles. The molecule has 1 saturated heterocycles. The Labute approximate surface area is 203 Å². The number of sulfonamides is 1. The molecule has 0 spiro atoms. The molecule has 0 radical (unpaired) electrons. The van der Waals surface area contributed by atoms with E-state index in [0.717, 1.165) is 5.56 Å². The van der Waals surface area contributed by atoms with Gasteiger partial charge in [0, 0.05) is 13.1 Å². The van der Waals surface area contributed by atoms with E-state index in [0.29, 0.717) is 25.1 Å². The van der Waals surface area contributed by atoms with Crippen LogP contribution in [0.4, 0.5) is 4.39 Å². The SMILES string of the molecule is Cc1ccc(S(=O)(=O)N2CCC[C@H](C(=O)NNC(=O)c3cnn(-c4ccccc4F)c3C)C2)cc1. The highest BCUT2D eigenvalue weighted by Crippen LogP contribution is 2.24. The number of rotatable bonds is 5. The molecule has 3 aromatic rings. The number of hydrogen-bond donors (Lipinski definition) is 2. The third-order valence-electron chi connectivity index (χ3n) is 6.05. The summed E-state index contributed by atoms with van der Waals surface area (Å²) in [6.07, 6.45) is 2.30. The van der Waals surface area contributed by atoms with E-state index in [9.17, 15) is 22.4 Å². The summed E-state index contributed by atoms with van der Waals surface area (Å²) in [5, 5.41) is 4.09. The lowest BCUT2D eigenvalue weighted by Gasteiger charge is -2.31. The molecule has 0 bridgehead atoms. The third-order valence-corrected chi connectivity index (χ3v) is 7.93. The van der Waals surface area contributed by atoms with Gasteiger partial charge in [-0.3, -0.25) is 20.4 Å². The predicted octanol–water partition coefficient (Wildman–Crippen LogP) is 2.49. The summed E-state index contributed by atoms with van der Waals surface area (Å²) < 4.78 is 42.7. The molecular formula is C24H26FN5O4S. The molecule has 11 heteroatoms.